The first-order valence-corrected chi connectivity index (χ1v) is 15.7. The number of carbonyl (C=O) groups excluding carboxylic acids is 4. The number of aliphatic hydroxyl groups is 1. The molecule has 4 atom stereocenters. The number of nitrogens with one attached hydrogen (secondary N) is 4. The summed E-state index contributed by atoms with van der Waals surface area (Å²) in [7, 11) is 4.03. The predicted octanol–water partition coefficient (Wildman–Crippen LogP) is 3.11. The molecule has 1 saturated carbocycles. The molecule has 0 bridgehead atoms. The van der Waals surface area contributed by atoms with Crippen LogP contribution in [0.25, 0.3) is 0 Å². The second kappa shape index (κ2) is 19.1. The van der Waals surface area contributed by atoms with Crippen molar-refractivity contribution in [3.05, 3.63) is 29.8 Å². The molecule has 5 N–H and O–H groups in total. The summed E-state index contributed by atoms with van der Waals surface area (Å²) in [4.78, 5) is 50.8. The molecule has 1 aliphatic rings. The number of nitrogens with zero attached hydrogens (tertiary/aromatic N) is 1. The zero-order valence-corrected chi connectivity index (χ0v) is 27.8. The lowest BCUT2D eigenvalue weighted by Crippen LogP contribution is -2.59. The summed E-state index contributed by atoms with van der Waals surface area (Å²) in [6, 6.07) is 4.87. The van der Waals surface area contributed by atoms with Crippen molar-refractivity contribution in [1.82, 2.24) is 26.4 Å². The Kier molecular flexibility index (Phi) is 15.9. The standard InChI is InChI=1S/C32H53N5O8/c1-20(2)27(34-31(41)44-6)29(39)33-25(17-22-11-9-8-10-12-22)26(38)19-37(18-23-13-15-24(43-5)16-14-23)36-30(40)28(21(3)4)35-32(42)45-7/h13-16,20-22,25-28,38H,8-12,17-19H2,1-7H3,(H,33,39)(H,34,41)(H,35,42)(H,36,40)/t25-,26-,27-,28-/m0/s1. The van der Waals surface area contributed by atoms with Crippen LogP contribution in [0.4, 0.5) is 9.59 Å². The van der Waals surface area contributed by atoms with Crippen molar-refractivity contribution in [3.63, 3.8) is 0 Å². The molecule has 1 fully saturated rings. The van der Waals surface area contributed by atoms with Crippen LogP contribution in [-0.4, -0.2) is 86.2 Å². The summed E-state index contributed by atoms with van der Waals surface area (Å²) in [6.07, 6.45) is 3.32. The normalized spacial score (nSPS) is 16.3. The summed E-state index contributed by atoms with van der Waals surface area (Å²) in [5, 5.41) is 21.4. The highest BCUT2D eigenvalue weighted by Gasteiger charge is 2.33. The molecular formula is C32H53N5O8. The fraction of sp³-hybridized carbons (Fsp3) is 0.688. The third-order valence-electron chi connectivity index (χ3n) is 8.13. The molecule has 0 radical (unpaired) electrons. The number of carbonyl (C=O) groups is 4. The number of hydrogen-bond donors (Lipinski definition) is 5. The lowest BCUT2D eigenvalue weighted by molar-refractivity contribution is -0.131. The highest BCUT2D eigenvalue weighted by molar-refractivity contribution is 5.86. The SMILES string of the molecule is COC(=O)N[C@H](C(=O)N[C@@H](CC1CCCCC1)[C@@H](O)CN(Cc1ccc(OC)cc1)NC(=O)[C@@H](NC(=O)OC)C(C)C)C(C)C. The van der Waals surface area contributed by atoms with E-state index >= 15 is 0 Å². The van der Waals surface area contributed by atoms with Crippen molar-refractivity contribution in [2.24, 2.45) is 17.8 Å². The smallest absolute Gasteiger partial charge is 0.407 e. The number of rotatable bonds is 16. The van der Waals surface area contributed by atoms with Crippen LogP contribution in [-0.2, 0) is 25.6 Å². The minimum Gasteiger partial charge on any atom is -0.497 e. The molecule has 0 heterocycles. The molecule has 0 aromatic heterocycles. The van der Waals surface area contributed by atoms with Crippen LogP contribution >= 0.6 is 0 Å². The van der Waals surface area contributed by atoms with Gasteiger partial charge in [0.05, 0.1) is 33.5 Å². The maximum atomic E-state index is 13.5. The molecule has 13 nitrogen and oxygen atoms in total. The van der Waals surface area contributed by atoms with Crippen molar-refractivity contribution in [1.29, 1.82) is 0 Å². The molecule has 0 aliphatic heterocycles. The first-order valence-electron chi connectivity index (χ1n) is 15.7. The molecule has 0 spiro atoms. The first-order chi connectivity index (χ1) is 21.4. The number of hydrogen-bond acceptors (Lipinski definition) is 9. The fourth-order valence-electron chi connectivity index (χ4n) is 5.49. The quantitative estimate of drug-likeness (QED) is 0.172. The van der Waals surface area contributed by atoms with Gasteiger partial charge in [0, 0.05) is 13.1 Å². The third-order valence-corrected chi connectivity index (χ3v) is 8.13. The van der Waals surface area contributed by atoms with Crippen molar-refractivity contribution >= 4 is 24.0 Å². The lowest BCUT2D eigenvalue weighted by atomic mass is 9.83. The maximum absolute atomic E-state index is 13.5. The van der Waals surface area contributed by atoms with E-state index in [4.69, 9.17) is 14.2 Å². The van der Waals surface area contributed by atoms with Gasteiger partial charge >= 0.3 is 12.2 Å². The van der Waals surface area contributed by atoms with Crippen LogP contribution < -0.4 is 26.1 Å². The number of alkyl carbamates (subject to hydrolysis) is 2. The highest BCUT2D eigenvalue weighted by atomic mass is 16.5. The Morgan fingerprint density at radius 1 is 0.822 bits per heavy atom. The van der Waals surface area contributed by atoms with Crippen molar-refractivity contribution in [2.75, 3.05) is 27.9 Å². The molecule has 2 rings (SSSR count). The molecule has 1 aliphatic carbocycles. The van der Waals surface area contributed by atoms with Crippen molar-refractivity contribution < 1.29 is 38.5 Å². The largest absolute Gasteiger partial charge is 0.497 e. The van der Waals surface area contributed by atoms with Gasteiger partial charge in [0.15, 0.2) is 0 Å². The van der Waals surface area contributed by atoms with E-state index in [-0.39, 0.29) is 24.9 Å². The van der Waals surface area contributed by atoms with Gasteiger partial charge < -0.3 is 35.3 Å². The van der Waals surface area contributed by atoms with E-state index in [0.29, 0.717) is 18.1 Å². The lowest BCUT2D eigenvalue weighted by Gasteiger charge is -2.35. The summed E-state index contributed by atoms with van der Waals surface area (Å²) in [6.45, 7) is 7.41. The van der Waals surface area contributed by atoms with Crippen LogP contribution in [0.5, 0.6) is 5.75 Å². The zero-order chi connectivity index (χ0) is 33.5. The van der Waals surface area contributed by atoms with E-state index in [1.54, 1.807) is 38.1 Å². The summed E-state index contributed by atoms with van der Waals surface area (Å²) in [5.74, 6) is -0.423. The van der Waals surface area contributed by atoms with Gasteiger partial charge in [-0.15, -0.1) is 0 Å². The number of aliphatic hydroxyl groups excluding tert-OH is 1. The molecule has 4 amide bonds. The molecule has 1 aromatic carbocycles. The van der Waals surface area contributed by atoms with Gasteiger partial charge in [0.1, 0.15) is 17.8 Å². The summed E-state index contributed by atoms with van der Waals surface area (Å²) >= 11 is 0. The molecule has 254 valence electrons. The van der Waals surface area contributed by atoms with Crippen LogP contribution in [0.3, 0.4) is 0 Å². The van der Waals surface area contributed by atoms with E-state index in [0.717, 1.165) is 37.7 Å². The Hall–Kier alpha value is -3.58. The average molecular weight is 636 g/mol. The zero-order valence-electron chi connectivity index (χ0n) is 27.8. The Morgan fingerprint density at radius 3 is 1.84 bits per heavy atom. The van der Waals surface area contributed by atoms with Gasteiger partial charge in [-0.2, -0.15) is 0 Å². The Labute approximate surface area is 267 Å². The van der Waals surface area contributed by atoms with Crippen LogP contribution in [0.2, 0.25) is 0 Å². The fourth-order valence-corrected chi connectivity index (χ4v) is 5.49. The Morgan fingerprint density at radius 2 is 1.36 bits per heavy atom. The third kappa shape index (κ3) is 12.7. The van der Waals surface area contributed by atoms with Gasteiger partial charge in [-0.1, -0.05) is 71.9 Å². The monoisotopic (exact) mass is 635 g/mol. The second-order valence-electron chi connectivity index (χ2n) is 12.3. The van der Waals surface area contributed by atoms with Gasteiger partial charge in [-0.05, 0) is 41.9 Å². The molecular weight excluding hydrogens is 582 g/mol. The average Bonchev–Trinajstić information content (AvgIpc) is 3.02. The van der Waals surface area contributed by atoms with Crippen molar-refractivity contribution in [2.45, 2.75) is 97.0 Å². The van der Waals surface area contributed by atoms with Gasteiger partial charge in [0.2, 0.25) is 5.91 Å². The molecule has 45 heavy (non-hydrogen) atoms. The molecule has 0 saturated heterocycles. The number of ether oxygens (including phenoxy) is 3. The minimum absolute atomic E-state index is 0.0325. The summed E-state index contributed by atoms with van der Waals surface area (Å²) in [5.41, 5.74) is 3.70. The second-order valence-corrected chi connectivity index (χ2v) is 12.3. The highest BCUT2D eigenvalue weighted by Crippen LogP contribution is 2.28. The minimum atomic E-state index is -1.09. The van der Waals surface area contributed by atoms with Crippen LogP contribution in [0.1, 0.15) is 71.8 Å². The molecule has 0 unspecified atom stereocenters. The molecule has 13 heteroatoms. The van der Waals surface area contributed by atoms with Crippen LogP contribution in [0, 0.1) is 17.8 Å². The Balaban J connectivity index is 2.34. The van der Waals surface area contributed by atoms with E-state index in [9.17, 15) is 24.3 Å². The Bertz CT molecular complexity index is 1080. The number of amides is 4. The van der Waals surface area contributed by atoms with Gasteiger partial charge in [0.25, 0.3) is 5.91 Å². The van der Waals surface area contributed by atoms with E-state index < -0.39 is 48.2 Å². The van der Waals surface area contributed by atoms with Gasteiger partial charge in [-0.3, -0.25) is 15.0 Å². The van der Waals surface area contributed by atoms with E-state index in [1.807, 2.05) is 26.0 Å². The number of hydrazine groups is 1. The van der Waals surface area contributed by atoms with Crippen molar-refractivity contribution in [3.8, 4) is 5.75 Å². The number of methoxy groups -OCH3 is 3. The predicted molar refractivity (Wildman–Crippen MR) is 169 cm³/mol. The van der Waals surface area contributed by atoms with Crippen LogP contribution in [0.15, 0.2) is 24.3 Å². The first kappa shape index (κ1) is 37.6. The number of benzene rings is 1. The molecule has 1 aromatic rings. The van der Waals surface area contributed by atoms with E-state index in [1.165, 1.54) is 14.2 Å². The van der Waals surface area contributed by atoms with Gasteiger partial charge in [-0.25, -0.2) is 14.6 Å². The summed E-state index contributed by atoms with van der Waals surface area (Å²) < 4.78 is 14.7. The topological polar surface area (TPSA) is 168 Å². The van der Waals surface area contributed by atoms with E-state index in [2.05, 4.69) is 21.4 Å². The maximum Gasteiger partial charge on any atom is 0.407 e.